The highest BCUT2D eigenvalue weighted by molar-refractivity contribution is 6.31. The molecule has 1 amide bonds. The minimum Gasteiger partial charge on any atom is -0.381 e. The molecule has 0 bridgehead atoms. The van der Waals surface area contributed by atoms with Crippen LogP contribution in [0.2, 0.25) is 5.02 Å². The quantitative estimate of drug-likeness (QED) is 0.909. The zero-order chi connectivity index (χ0) is 14.9. The summed E-state index contributed by atoms with van der Waals surface area (Å²) in [7, 11) is 0. The van der Waals surface area contributed by atoms with E-state index in [0.29, 0.717) is 26.3 Å². The molecule has 5 heteroatoms. The Bertz CT molecular complexity index is 541. The van der Waals surface area contributed by atoms with E-state index < -0.39 is 5.41 Å². The van der Waals surface area contributed by atoms with Gasteiger partial charge in [0.15, 0.2) is 0 Å². The zero-order valence-electron chi connectivity index (χ0n) is 12.1. The number of carbonyl (C=O) groups is 1. The number of nitrogens with zero attached hydrogens (tertiary/aromatic N) is 1. The van der Waals surface area contributed by atoms with Gasteiger partial charge in [-0.1, -0.05) is 23.7 Å². The SMILES string of the molecule is NCC1(C(=O)N2CCc3c(Cl)cccc3C2)CCOCC1. The number of nitrogens with two attached hydrogens (primary N) is 1. The minimum absolute atomic E-state index is 0.180. The Balaban J connectivity index is 1.80. The Morgan fingerprint density at radius 1 is 1.38 bits per heavy atom. The van der Waals surface area contributed by atoms with E-state index in [9.17, 15) is 4.79 Å². The number of amides is 1. The van der Waals surface area contributed by atoms with Gasteiger partial charge in [-0.05, 0) is 36.5 Å². The summed E-state index contributed by atoms with van der Waals surface area (Å²) in [5.74, 6) is 0.180. The van der Waals surface area contributed by atoms with Gasteiger partial charge in [0.05, 0.1) is 5.41 Å². The third kappa shape index (κ3) is 2.68. The summed E-state index contributed by atoms with van der Waals surface area (Å²) in [4.78, 5) is 14.9. The van der Waals surface area contributed by atoms with Crippen LogP contribution in [0.15, 0.2) is 18.2 Å². The van der Waals surface area contributed by atoms with Crippen LogP contribution in [-0.2, 0) is 22.5 Å². The Kier molecular flexibility index (Phi) is 4.20. The highest BCUT2D eigenvalue weighted by Crippen LogP contribution is 2.34. The molecule has 2 aliphatic rings. The first-order valence-electron chi connectivity index (χ1n) is 7.50. The molecule has 0 spiro atoms. The van der Waals surface area contributed by atoms with Gasteiger partial charge in [-0.15, -0.1) is 0 Å². The first-order chi connectivity index (χ1) is 10.2. The molecule has 0 aliphatic carbocycles. The third-order valence-corrected chi connectivity index (χ3v) is 5.14. The molecule has 1 aromatic carbocycles. The van der Waals surface area contributed by atoms with Gasteiger partial charge in [0, 0.05) is 37.9 Å². The van der Waals surface area contributed by atoms with Crippen LogP contribution in [0.4, 0.5) is 0 Å². The normalized spacial score (nSPS) is 21.0. The maximum atomic E-state index is 13.0. The van der Waals surface area contributed by atoms with Crippen molar-refractivity contribution in [3.05, 3.63) is 34.3 Å². The van der Waals surface area contributed by atoms with E-state index in [1.807, 2.05) is 17.0 Å². The van der Waals surface area contributed by atoms with E-state index in [-0.39, 0.29) is 5.91 Å². The van der Waals surface area contributed by atoms with Gasteiger partial charge in [0.25, 0.3) is 0 Å². The lowest BCUT2D eigenvalue weighted by Crippen LogP contribution is -2.51. The number of fused-ring (bicyclic) bond motifs is 1. The second kappa shape index (κ2) is 5.95. The Morgan fingerprint density at radius 3 is 2.86 bits per heavy atom. The molecule has 1 aromatic rings. The molecule has 2 N–H and O–H groups in total. The van der Waals surface area contributed by atoms with Crippen molar-refractivity contribution in [2.75, 3.05) is 26.3 Å². The lowest BCUT2D eigenvalue weighted by Gasteiger charge is -2.40. The molecule has 0 aromatic heterocycles. The summed E-state index contributed by atoms with van der Waals surface area (Å²) >= 11 is 6.23. The van der Waals surface area contributed by atoms with E-state index in [1.54, 1.807) is 0 Å². The summed E-state index contributed by atoms with van der Waals surface area (Å²) in [6, 6.07) is 5.92. The van der Waals surface area contributed by atoms with E-state index in [0.717, 1.165) is 36.4 Å². The topological polar surface area (TPSA) is 55.6 Å². The van der Waals surface area contributed by atoms with E-state index in [4.69, 9.17) is 22.1 Å². The summed E-state index contributed by atoms with van der Waals surface area (Å²) in [5, 5.41) is 0.805. The fourth-order valence-corrected chi connectivity index (χ4v) is 3.63. The monoisotopic (exact) mass is 308 g/mol. The number of carbonyl (C=O) groups excluding carboxylic acids is 1. The second-order valence-electron chi connectivity index (χ2n) is 5.95. The molecule has 1 fully saturated rings. The average molecular weight is 309 g/mol. The fraction of sp³-hybridized carbons (Fsp3) is 0.562. The van der Waals surface area contributed by atoms with Crippen molar-refractivity contribution in [1.82, 2.24) is 4.90 Å². The molecule has 2 heterocycles. The molecule has 0 unspecified atom stereocenters. The fourth-order valence-electron chi connectivity index (χ4n) is 3.34. The molecule has 114 valence electrons. The molecule has 1 saturated heterocycles. The van der Waals surface area contributed by atoms with E-state index in [1.165, 1.54) is 5.56 Å². The summed E-state index contributed by atoms with van der Waals surface area (Å²) < 4.78 is 5.39. The molecule has 4 nitrogen and oxygen atoms in total. The van der Waals surface area contributed by atoms with Crippen molar-refractivity contribution < 1.29 is 9.53 Å². The van der Waals surface area contributed by atoms with Crippen LogP contribution in [-0.4, -0.2) is 37.1 Å². The minimum atomic E-state index is -0.436. The highest BCUT2D eigenvalue weighted by Gasteiger charge is 2.42. The highest BCUT2D eigenvalue weighted by atomic mass is 35.5. The largest absolute Gasteiger partial charge is 0.381 e. The van der Waals surface area contributed by atoms with Crippen molar-refractivity contribution in [3.63, 3.8) is 0 Å². The summed E-state index contributed by atoms with van der Waals surface area (Å²) in [6.07, 6.45) is 2.26. The number of benzene rings is 1. The number of rotatable bonds is 2. The molecule has 21 heavy (non-hydrogen) atoms. The standard InChI is InChI=1S/C16H21ClN2O2/c17-14-3-1-2-12-10-19(7-4-13(12)14)15(20)16(11-18)5-8-21-9-6-16/h1-3H,4-11,18H2. The summed E-state index contributed by atoms with van der Waals surface area (Å²) in [6.45, 7) is 3.00. The molecule has 0 atom stereocenters. The molecule has 0 radical (unpaired) electrons. The van der Waals surface area contributed by atoms with Crippen molar-refractivity contribution in [1.29, 1.82) is 0 Å². The Labute approximate surface area is 130 Å². The molecule has 3 rings (SSSR count). The second-order valence-corrected chi connectivity index (χ2v) is 6.36. The predicted molar refractivity (Wildman–Crippen MR) is 82.1 cm³/mol. The number of hydrogen-bond donors (Lipinski definition) is 1. The van der Waals surface area contributed by atoms with Gasteiger partial charge < -0.3 is 15.4 Å². The maximum Gasteiger partial charge on any atom is 0.230 e. The van der Waals surface area contributed by atoms with Gasteiger partial charge >= 0.3 is 0 Å². The smallest absolute Gasteiger partial charge is 0.230 e. The first kappa shape index (κ1) is 14.8. The number of halogens is 1. The predicted octanol–water partition coefficient (Wildman–Crippen LogP) is 1.98. The Hall–Kier alpha value is -1.10. The van der Waals surface area contributed by atoms with Crippen LogP contribution in [0.25, 0.3) is 0 Å². The van der Waals surface area contributed by atoms with Gasteiger partial charge in [0.1, 0.15) is 0 Å². The summed E-state index contributed by atoms with van der Waals surface area (Å²) in [5.41, 5.74) is 7.84. The van der Waals surface area contributed by atoms with Crippen molar-refractivity contribution in [2.24, 2.45) is 11.1 Å². The van der Waals surface area contributed by atoms with Crippen molar-refractivity contribution >= 4 is 17.5 Å². The maximum absolute atomic E-state index is 13.0. The lowest BCUT2D eigenvalue weighted by molar-refractivity contribution is -0.148. The molecule has 2 aliphatic heterocycles. The van der Waals surface area contributed by atoms with Gasteiger partial charge in [-0.25, -0.2) is 0 Å². The molecule has 0 saturated carbocycles. The van der Waals surface area contributed by atoms with Gasteiger partial charge in [0.2, 0.25) is 5.91 Å². The van der Waals surface area contributed by atoms with Crippen molar-refractivity contribution in [2.45, 2.75) is 25.8 Å². The van der Waals surface area contributed by atoms with Crippen LogP contribution < -0.4 is 5.73 Å². The van der Waals surface area contributed by atoms with Crippen LogP contribution in [0.5, 0.6) is 0 Å². The average Bonchev–Trinajstić information content (AvgIpc) is 2.54. The first-order valence-corrected chi connectivity index (χ1v) is 7.87. The third-order valence-electron chi connectivity index (χ3n) is 4.79. The van der Waals surface area contributed by atoms with Crippen molar-refractivity contribution in [3.8, 4) is 0 Å². The molecular weight excluding hydrogens is 288 g/mol. The van der Waals surface area contributed by atoms with Gasteiger partial charge in [-0.3, -0.25) is 4.79 Å². The van der Waals surface area contributed by atoms with Gasteiger partial charge in [-0.2, -0.15) is 0 Å². The molecular formula is C16H21ClN2O2. The van der Waals surface area contributed by atoms with Crippen LogP contribution >= 0.6 is 11.6 Å². The zero-order valence-corrected chi connectivity index (χ0v) is 12.9. The Morgan fingerprint density at radius 2 is 2.14 bits per heavy atom. The van der Waals surface area contributed by atoms with E-state index >= 15 is 0 Å². The van der Waals surface area contributed by atoms with Crippen LogP contribution in [0.1, 0.15) is 24.0 Å². The number of hydrogen-bond acceptors (Lipinski definition) is 3. The van der Waals surface area contributed by atoms with Crippen LogP contribution in [0, 0.1) is 5.41 Å². The van der Waals surface area contributed by atoms with Crippen LogP contribution in [0.3, 0.4) is 0 Å². The van der Waals surface area contributed by atoms with E-state index in [2.05, 4.69) is 6.07 Å². The number of ether oxygens (including phenoxy) is 1. The lowest BCUT2D eigenvalue weighted by atomic mass is 9.78.